The van der Waals surface area contributed by atoms with Gasteiger partial charge in [-0.2, -0.15) is 0 Å². The third-order valence-corrected chi connectivity index (χ3v) is 2.12. The van der Waals surface area contributed by atoms with Crippen LogP contribution in [0.3, 0.4) is 0 Å². The molecule has 1 rings (SSSR count). The van der Waals surface area contributed by atoms with Gasteiger partial charge in [0, 0.05) is 12.2 Å². The molecule has 1 N–H and O–H groups in total. The van der Waals surface area contributed by atoms with Gasteiger partial charge in [-0.15, -0.1) is 11.6 Å². The number of aliphatic hydroxyl groups is 1. The standard InChI is InChI=1S/C11H12ClFO/c12-8-10-5-4-9(7-11(10)13)3-1-2-6-14/h1,3-5,7,14H,2,6,8H2. The number of hydrogen-bond acceptors (Lipinski definition) is 1. The Hall–Kier alpha value is -0.860. The zero-order valence-electron chi connectivity index (χ0n) is 7.71. The minimum absolute atomic E-state index is 0.110. The SMILES string of the molecule is OCCC=Cc1ccc(CCl)c(F)c1. The van der Waals surface area contributed by atoms with Crippen LogP contribution in [0.5, 0.6) is 0 Å². The zero-order valence-corrected chi connectivity index (χ0v) is 8.47. The fourth-order valence-corrected chi connectivity index (χ4v) is 1.29. The quantitative estimate of drug-likeness (QED) is 0.765. The summed E-state index contributed by atoms with van der Waals surface area (Å²) in [6.45, 7) is 0.110. The lowest BCUT2D eigenvalue weighted by Crippen LogP contribution is -1.86. The summed E-state index contributed by atoms with van der Waals surface area (Å²) in [4.78, 5) is 0. The predicted octanol–water partition coefficient (Wildman–Crippen LogP) is 2.96. The van der Waals surface area contributed by atoms with E-state index in [2.05, 4.69) is 0 Å². The highest BCUT2D eigenvalue weighted by molar-refractivity contribution is 6.17. The maximum Gasteiger partial charge on any atom is 0.128 e. The summed E-state index contributed by atoms with van der Waals surface area (Å²) < 4.78 is 13.2. The number of aliphatic hydroxyl groups excluding tert-OH is 1. The van der Waals surface area contributed by atoms with Gasteiger partial charge in [0.25, 0.3) is 0 Å². The van der Waals surface area contributed by atoms with Crippen LogP contribution in [0.25, 0.3) is 6.08 Å². The molecule has 0 heterocycles. The van der Waals surface area contributed by atoms with Crippen molar-refractivity contribution in [1.29, 1.82) is 0 Å². The molecule has 0 bridgehead atoms. The van der Waals surface area contributed by atoms with Crippen LogP contribution in [0.4, 0.5) is 4.39 Å². The van der Waals surface area contributed by atoms with Crippen LogP contribution >= 0.6 is 11.6 Å². The summed E-state index contributed by atoms with van der Waals surface area (Å²) in [5, 5.41) is 8.54. The Balaban J connectivity index is 2.76. The van der Waals surface area contributed by atoms with E-state index in [1.807, 2.05) is 0 Å². The number of halogens is 2. The minimum Gasteiger partial charge on any atom is -0.396 e. The number of benzene rings is 1. The molecule has 1 aromatic rings. The normalized spacial score (nSPS) is 11.1. The van der Waals surface area contributed by atoms with Gasteiger partial charge >= 0.3 is 0 Å². The smallest absolute Gasteiger partial charge is 0.128 e. The summed E-state index contributed by atoms with van der Waals surface area (Å²) in [6.07, 6.45) is 4.16. The van der Waals surface area contributed by atoms with Crippen LogP contribution in [0.1, 0.15) is 17.5 Å². The van der Waals surface area contributed by atoms with Crippen molar-refractivity contribution in [1.82, 2.24) is 0 Å². The molecule has 76 valence electrons. The van der Waals surface area contributed by atoms with Gasteiger partial charge in [-0.1, -0.05) is 24.3 Å². The van der Waals surface area contributed by atoms with Crippen LogP contribution < -0.4 is 0 Å². The average molecular weight is 215 g/mol. The summed E-state index contributed by atoms with van der Waals surface area (Å²) in [5.41, 5.74) is 1.29. The maximum atomic E-state index is 13.2. The first-order valence-corrected chi connectivity index (χ1v) is 4.93. The van der Waals surface area contributed by atoms with E-state index >= 15 is 0 Å². The molecule has 0 aromatic heterocycles. The second kappa shape index (κ2) is 5.78. The summed E-state index contributed by atoms with van der Waals surface area (Å²) >= 11 is 5.52. The molecule has 0 aliphatic carbocycles. The molecule has 0 spiro atoms. The molecule has 0 atom stereocenters. The molecular formula is C11H12ClFO. The van der Waals surface area contributed by atoms with E-state index in [-0.39, 0.29) is 18.3 Å². The van der Waals surface area contributed by atoms with Crippen molar-refractivity contribution in [2.75, 3.05) is 6.61 Å². The van der Waals surface area contributed by atoms with E-state index < -0.39 is 0 Å². The van der Waals surface area contributed by atoms with Gasteiger partial charge in [0.05, 0.1) is 5.88 Å². The van der Waals surface area contributed by atoms with E-state index in [0.29, 0.717) is 12.0 Å². The summed E-state index contributed by atoms with van der Waals surface area (Å²) in [6, 6.07) is 4.90. The van der Waals surface area contributed by atoms with E-state index in [4.69, 9.17) is 16.7 Å². The van der Waals surface area contributed by atoms with Gasteiger partial charge in [0.2, 0.25) is 0 Å². The van der Waals surface area contributed by atoms with Crippen molar-refractivity contribution < 1.29 is 9.50 Å². The van der Waals surface area contributed by atoms with Crippen molar-refractivity contribution in [3.8, 4) is 0 Å². The molecule has 0 aliphatic rings. The lowest BCUT2D eigenvalue weighted by molar-refractivity contribution is 0.303. The van der Waals surface area contributed by atoms with Crippen molar-refractivity contribution in [3.05, 3.63) is 41.2 Å². The molecule has 0 saturated carbocycles. The highest BCUT2D eigenvalue weighted by Crippen LogP contribution is 2.13. The van der Waals surface area contributed by atoms with Crippen LogP contribution in [0.2, 0.25) is 0 Å². The topological polar surface area (TPSA) is 20.2 Å². The maximum absolute atomic E-state index is 13.2. The second-order valence-corrected chi connectivity index (χ2v) is 3.17. The molecule has 1 aromatic carbocycles. The first kappa shape index (κ1) is 11.2. The van der Waals surface area contributed by atoms with Crippen LogP contribution in [0, 0.1) is 5.82 Å². The lowest BCUT2D eigenvalue weighted by Gasteiger charge is -1.99. The Morgan fingerprint density at radius 2 is 2.21 bits per heavy atom. The molecule has 1 nitrogen and oxygen atoms in total. The van der Waals surface area contributed by atoms with E-state index in [1.54, 1.807) is 24.3 Å². The van der Waals surface area contributed by atoms with Crippen molar-refractivity contribution in [3.63, 3.8) is 0 Å². The summed E-state index contributed by atoms with van der Waals surface area (Å²) in [7, 11) is 0. The first-order valence-electron chi connectivity index (χ1n) is 4.39. The van der Waals surface area contributed by atoms with Crippen LogP contribution in [-0.4, -0.2) is 11.7 Å². The van der Waals surface area contributed by atoms with E-state index in [0.717, 1.165) is 5.56 Å². The van der Waals surface area contributed by atoms with Gasteiger partial charge < -0.3 is 5.11 Å². The van der Waals surface area contributed by atoms with E-state index in [9.17, 15) is 4.39 Å². The predicted molar refractivity (Wildman–Crippen MR) is 56.7 cm³/mol. The van der Waals surface area contributed by atoms with Gasteiger partial charge in [-0.3, -0.25) is 0 Å². The molecule has 0 aliphatic heterocycles. The Morgan fingerprint density at radius 3 is 2.79 bits per heavy atom. The highest BCUT2D eigenvalue weighted by Gasteiger charge is 1.99. The van der Waals surface area contributed by atoms with Crippen LogP contribution in [-0.2, 0) is 5.88 Å². The largest absolute Gasteiger partial charge is 0.396 e. The van der Waals surface area contributed by atoms with Crippen LogP contribution in [0.15, 0.2) is 24.3 Å². The monoisotopic (exact) mass is 214 g/mol. The number of rotatable bonds is 4. The molecule has 3 heteroatoms. The van der Waals surface area contributed by atoms with Gasteiger partial charge in [0.1, 0.15) is 5.82 Å². The van der Waals surface area contributed by atoms with E-state index in [1.165, 1.54) is 6.07 Å². The summed E-state index contributed by atoms with van der Waals surface area (Å²) in [5.74, 6) is -0.0990. The Kier molecular flexibility index (Phi) is 4.63. The first-order chi connectivity index (χ1) is 6.77. The number of alkyl halides is 1. The second-order valence-electron chi connectivity index (χ2n) is 2.90. The lowest BCUT2D eigenvalue weighted by atomic mass is 10.1. The van der Waals surface area contributed by atoms with Gasteiger partial charge in [0.15, 0.2) is 0 Å². The molecule has 0 radical (unpaired) electrons. The molecular weight excluding hydrogens is 203 g/mol. The Bertz CT molecular complexity index is 323. The van der Waals surface area contributed by atoms with Crippen molar-refractivity contribution >= 4 is 17.7 Å². The molecule has 14 heavy (non-hydrogen) atoms. The fourth-order valence-electron chi connectivity index (χ4n) is 1.07. The third-order valence-electron chi connectivity index (χ3n) is 1.83. The molecule has 0 amide bonds. The van der Waals surface area contributed by atoms with Gasteiger partial charge in [-0.05, 0) is 18.1 Å². The molecule has 0 saturated heterocycles. The zero-order chi connectivity index (χ0) is 10.4. The Morgan fingerprint density at radius 1 is 1.43 bits per heavy atom. The molecule has 0 fully saturated rings. The van der Waals surface area contributed by atoms with Crippen molar-refractivity contribution in [2.45, 2.75) is 12.3 Å². The third kappa shape index (κ3) is 3.13. The average Bonchev–Trinajstić information content (AvgIpc) is 2.18. The fraction of sp³-hybridized carbons (Fsp3) is 0.273. The minimum atomic E-state index is -0.286. The molecule has 0 unspecified atom stereocenters. The van der Waals surface area contributed by atoms with Crippen molar-refractivity contribution in [2.24, 2.45) is 0 Å². The van der Waals surface area contributed by atoms with Gasteiger partial charge in [-0.25, -0.2) is 4.39 Å². The Labute approximate surface area is 87.8 Å². The highest BCUT2D eigenvalue weighted by atomic mass is 35.5. The number of hydrogen-bond donors (Lipinski definition) is 1.